The van der Waals surface area contributed by atoms with Gasteiger partial charge in [0.2, 0.25) is 15.9 Å². The lowest BCUT2D eigenvalue weighted by atomic mass is 10.2. The number of benzene rings is 1. The number of hydrogen-bond acceptors (Lipinski definition) is 7. The Hall–Kier alpha value is -2.89. The zero-order chi connectivity index (χ0) is 21.8. The van der Waals surface area contributed by atoms with Crippen LogP contribution in [-0.2, 0) is 19.6 Å². The van der Waals surface area contributed by atoms with E-state index in [9.17, 15) is 28.1 Å². The summed E-state index contributed by atoms with van der Waals surface area (Å²) in [5.41, 5.74) is 0.302. The van der Waals surface area contributed by atoms with Crippen LogP contribution < -0.4 is 4.31 Å². The van der Waals surface area contributed by atoms with Crippen molar-refractivity contribution in [1.29, 1.82) is 0 Å². The molecule has 0 saturated carbocycles. The van der Waals surface area contributed by atoms with Crippen molar-refractivity contribution in [2.75, 3.05) is 49.9 Å². The maximum absolute atomic E-state index is 12.7. The second kappa shape index (κ2) is 9.07. The highest BCUT2D eigenvalue weighted by Crippen LogP contribution is 2.27. The van der Waals surface area contributed by atoms with E-state index >= 15 is 0 Å². The Kier molecular flexibility index (Phi) is 7.01. The highest BCUT2D eigenvalue weighted by atomic mass is 32.2. The molecule has 0 bridgehead atoms. The number of hydrogen-bond donors (Lipinski definition) is 0. The molecule has 1 aliphatic rings. The zero-order valence-corrected chi connectivity index (χ0v) is 17.3. The summed E-state index contributed by atoms with van der Waals surface area (Å²) >= 11 is 0. The molecule has 1 aromatic rings. The summed E-state index contributed by atoms with van der Waals surface area (Å²) in [5, 5.41) is 11.1. The third-order valence-corrected chi connectivity index (χ3v) is 5.64. The van der Waals surface area contributed by atoms with E-state index in [0.29, 0.717) is 5.56 Å². The van der Waals surface area contributed by atoms with Gasteiger partial charge >= 0.3 is 6.09 Å². The van der Waals surface area contributed by atoms with E-state index in [-0.39, 0.29) is 44.2 Å². The predicted octanol–water partition coefficient (Wildman–Crippen LogP) is 0.970. The maximum Gasteiger partial charge on any atom is 0.409 e. The average Bonchev–Trinajstić information content (AvgIpc) is 2.66. The topological polar surface area (TPSA) is 130 Å². The Bertz CT molecular complexity index is 895. The van der Waals surface area contributed by atoms with Crippen LogP contribution in [0.15, 0.2) is 18.2 Å². The number of nitrogens with zero attached hydrogens (tertiary/aromatic N) is 4. The Labute approximate surface area is 169 Å². The van der Waals surface area contributed by atoms with Gasteiger partial charge in [-0.05, 0) is 19.4 Å². The quantitative estimate of drug-likeness (QED) is 0.487. The van der Waals surface area contributed by atoms with Crippen molar-refractivity contribution in [2.45, 2.75) is 13.8 Å². The number of piperazine rings is 1. The molecule has 1 aliphatic heterocycles. The van der Waals surface area contributed by atoms with Crippen LogP contribution in [0.4, 0.5) is 16.2 Å². The standard InChI is InChI=1S/C17H24N4O7S/c1-4-28-17(23)19-9-7-18(8-10-19)16(22)12-20(29(3,26)27)15-11-14(21(24)25)6-5-13(15)2/h5-6,11H,4,7-10,12H2,1-3H3. The molecule has 0 aliphatic carbocycles. The van der Waals surface area contributed by atoms with Crippen LogP contribution in [0.2, 0.25) is 0 Å². The molecule has 2 rings (SSSR count). The van der Waals surface area contributed by atoms with Crippen molar-refractivity contribution in [2.24, 2.45) is 0 Å². The van der Waals surface area contributed by atoms with E-state index in [0.717, 1.165) is 16.6 Å². The summed E-state index contributed by atoms with van der Waals surface area (Å²) in [6.45, 7) is 4.11. The minimum Gasteiger partial charge on any atom is -0.450 e. The van der Waals surface area contributed by atoms with E-state index in [1.54, 1.807) is 13.8 Å². The SMILES string of the molecule is CCOC(=O)N1CCN(C(=O)CN(c2cc([N+](=O)[O-])ccc2C)S(C)(=O)=O)CC1. The average molecular weight is 428 g/mol. The fourth-order valence-electron chi connectivity index (χ4n) is 2.94. The van der Waals surface area contributed by atoms with E-state index in [4.69, 9.17) is 4.74 Å². The van der Waals surface area contributed by atoms with Crippen molar-refractivity contribution in [3.8, 4) is 0 Å². The molecular formula is C17H24N4O7S. The number of ether oxygens (including phenoxy) is 1. The van der Waals surface area contributed by atoms with Crippen LogP contribution >= 0.6 is 0 Å². The first-order chi connectivity index (χ1) is 13.5. The monoisotopic (exact) mass is 428 g/mol. The predicted molar refractivity (Wildman–Crippen MR) is 105 cm³/mol. The van der Waals surface area contributed by atoms with Gasteiger partial charge in [-0.15, -0.1) is 0 Å². The van der Waals surface area contributed by atoms with E-state index in [1.165, 1.54) is 21.9 Å². The smallest absolute Gasteiger partial charge is 0.409 e. The maximum atomic E-state index is 12.7. The number of non-ortho nitro benzene ring substituents is 1. The van der Waals surface area contributed by atoms with Crippen molar-refractivity contribution in [3.63, 3.8) is 0 Å². The van der Waals surface area contributed by atoms with Gasteiger partial charge in [-0.1, -0.05) is 6.07 Å². The lowest BCUT2D eigenvalue weighted by Gasteiger charge is -2.35. The fourth-order valence-corrected chi connectivity index (χ4v) is 3.84. The fraction of sp³-hybridized carbons (Fsp3) is 0.529. The first-order valence-electron chi connectivity index (χ1n) is 8.96. The summed E-state index contributed by atoms with van der Waals surface area (Å²) in [6.07, 6.45) is 0.488. The largest absolute Gasteiger partial charge is 0.450 e. The number of aryl methyl sites for hydroxylation is 1. The Morgan fingerprint density at radius 1 is 1.21 bits per heavy atom. The van der Waals surface area contributed by atoms with Crippen molar-refractivity contribution < 1.29 is 27.7 Å². The van der Waals surface area contributed by atoms with E-state index in [2.05, 4.69) is 0 Å². The number of sulfonamides is 1. The van der Waals surface area contributed by atoms with Gasteiger partial charge in [0.05, 0.1) is 23.5 Å². The molecule has 2 amide bonds. The number of nitro groups is 1. The summed E-state index contributed by atoms with van der Waals surface area (Å²) in [6, 6.07) is 3.85. The molecule has 1 aromatic carbocycles. The lowest BCUT2D eigenvalue weighted by Crippen LogP contribution is -2.53. The molecule has 12 heteroatoms. The van der Waals surface area contributed by atoms with Gasteiger partial charge < -0.3 is 14.5 Å². The molecule has 0 unspecified atom stereocenters. The minimum absolute atomic E-state index is 0.0835. The van der Waals surface area contributed by atoms with Gasteiger partial charge in [0.25, 0.3) is 5.69 Å². The van der Waals surface area contributed by atoms with Crippen molar-refractivity contribution in [1.82, 2.24) is 9.80 Å². The summed E-state index contributed by atoms with van der Waals surface area (Å²) in [7, 11) is -3.87. The number of nitro benzene ring substituents is 1. The van der Waals surface area contributed by atoms with Crippen molar-refractivity contribution >= 4 is 33.4 Å². The second-order valence-corrected chi connectivity index (χ2v) is 8.47. The first-order valence-corrected chi connectivity index (χ1v) is 10.8. The van der Waals surface area contributed by atoms with Crippen LogP contribution in [0.25, 0.3) is 0 Å². The highest BCUT2D eigenvalue weighted by Gasteiger charge is 2.29. The molecule has 0 atom stereocenters. The lowest BCUT2D eigenvalue weighted by molar-refractivity contribution is -0.384. The van der Waals surface area contributed by atoms with E-state index < -0.39 is 33.5 Å². The highest BCUT2D eigenvalue weighted by molar-refractivity contribution is 7.92. The van der Waals surface area contributed by atoms with Gasteiger partial charge in [-0.3, -0.25) is 19.2 Å². The molecule has 1 fully saturated rings. The normalized spacial score (nSPS) is 14.4. The molecule has 29 heavy (non-hydrogen) atoms. The Morgan fingerprint density at radius 2 is 1.79 bits per heavy atom. The minimum atomic E-state index is -3.87. The number of carbonyl (C=O) groups is 2. The summed E-state index contributed by atoms with van der Waals surface area (Å²) in [4.78, 5) is 37.8. The first kappa shape index (κ1) is 22.4. The zero-order valence-electron chi connectivity index (χ0n) is 16.5. The molecule has 1 heterocycles. The molecular weight excluding hydrogens is 404 g/mol. The number of amides is 2. The number of rotatable bonds is 6. The molecule has 0 spiro atoms. The molecule has 160 valence electrons. The van der Waals surface area contributed by atoms with Gasteiger partial charge in [0.15, 0.2) is 0 Å². The molecule has 0 aromatic heterocycles. The van der Waals surface area contributed by atoms with E-state index in [1.807, 2.05) is 0 Å². The molecule has 11 nitrogen and oxygen atoms in total. The Morgan fingerprint density at radius 3 is 2.31 bits per heavy atom. The van der Waals surface area contributed by atoms with Crippen LogP contribution in [0.3, 0.4) is 0 Å². The van der Waals surface area contributed by atoms with Crippen LogP contribution in [0.5, 0.6) is 0 Å². The third kappa shape index (κ3) is 5.56. The number of carbonyl (C=O) groups excluding carboxylic acids is 2. The summed E-state index contributed by atoms with van der Waals surface area (Å²) < 4.78 is 30.4. The molecule has 0 radical (unpaired) electrons. The third-order valence-electron chi connectivity index (χ3n) is 4.51. The number of anilines is 1. The van der Waals surface area contributed by atoms with Crippen LogP contribution in [0, 0.1) is 17.0 Å². The van der Waals surface area contributed by atoms with Gasteiger partial charge in [0, 0.05) is 38.3 Å². The van der Waals surface area contributed by atoms with Crippen LogP contribution in [-0.4, -0.2) is 80.7 Å². The molecule has 1 saturated heterocycles. The van der Waals surface area contributed by atoms with Gasteiger partial charge in [-0.2, -0.15) is 0 Å². The van der Waals surface area contributed by atoms with Gasteiger partial charge in [0.1, 0.15) is 6.54 Å². The molecule has 0 N–H and O–H groups in total. The van der Waals surface area contributed by atoms with Crippen LogP contribution in [0.1, 0.15) is 12.5 Å². The second-order valence-electron chi connectivity index (χ2n) is 6.56. The van der Waals surface area contributed by atoms with Gasteiger partial charge in [-0.25, -0.2) is 13.2 Å². The van der Waals surface area contributed by atoms with Crippen molar-refractivity contribution in [3.05, 3.63) is 33.9 Å². The Balaban J connectivity index is 2.17. The summed E-state index contributed by atoms with van der Waals surface area (Å²) in [5.74, 6) is -0.454.